The van der Waals surface area contributed by atoms with Gasteiger partial charge in [0.1, 0.15) is 5.75 Å². The van der Waals surface area contributed by atoms with Crippen molar-refractivity contribution in [3.63, 3.8) is 0 Å². The van der Waals surface area contributed by atoms with Gasteiger partial charge in [0.25, 0.3) is 0 Å². The molecule has 1 rings (SSSR count). The molecule has 0 saturated carbocycles. The molecule has 1 heterocycles. The molecule has 1 unspecified atom stereocenters. The number of aryl methyl sites for hydroxylation is 1. The first-order valence-electron chi connectivity index (χ1n) is 6.92. The predicted octanol–water partition coefficient (Wildman–Crippen LogP) is 1.47. The van der Waals surface area contributed by atoms with Gasteiger partial charge in [-0.1, -0.05) is 20.8 Å². The van der Waals surface area contributed by atoms with Crippen molar-refractivity contribution in [2.75, 3.05) is 6.61 Å². The van der Waals surface area contributed by atoms with Crippen LogP contribution in [0.25, 0.3) is 0 Å². The van der Waals surface area contributed by atoms with Gasteiger partial charge >= 0.3 is 0 Å². The van der Waals surface area contributed by atoms with E-state index in [0.29, 0.717) is 29.8 Å². The Labute approximate surface area is 120 Å². The number of nitrogens with one attached hydrogen (secondary N) is 1. The fourth-order valence-electron chi connectivity index (χ4n) is 2.21. The second kappa shape index (κ2) is 7.02. The van der Waals surface area contributed by atoms with Crippen LogP contribution in [0.4, 0.5) is 0 Å². The molecular weight excluding hydrogens is 256 g/mol. The first-order chi connectivity index (χ1) is 9.31. The van der Waals surface area contributed by atoms with Gasteiger partial charge < -0.3 is 20.6 Å². The topological polar surface area (TPSA) is 85.6 Å². The molecule has 5 heteroatoms. The Morgan fingerprint density at radius 1 is 1.30 bits per heavy atom. The highest BCUT2D eigenvalue weighted by Gasteiger charge is 2.24. The van der Waals surface area contributed by atoms with Gasteiger partial charge in [0.2, 0.25) is 0 Å². The SMILES string of the molecule is Cc1ncc(CO)c(CNC(CCO)C(C)(C)C)c1O. The summed E-state index contributed by atoms with van der Waals surface area (Å²) >= 11 is 0. The molecule has 0 aliphatic heterocycles. The standard InChI is InChI=1S/C15H26N2O3/c1-10-14(20)12(11(9-19)7-16-10)8-17-13(5-6-18)15(2,3)4/h7,13,17-20H,5-6,8-9H2,1-4H3. The van der Waals surface area contributed by atoms with Crippen LogP contribution in [0, 0.1) is 12.3 Å². The summed E-state index contributed by atoms with van der Waals surface area (Å²) in [6, 6.07) is 0.118. The largest absolute Gasteiger partial charge is 0.506 e. The van der Waals surface area contributed by atoms with Gasteiger partial charge in [0.15, 0.2) is 0 Å². The normalized spacial score (nSPS) is 13.5. The number of rotatable bonds is 6. The van der Waals surface area contributed by atoms with E-state index >= 15 is 0 Å². The number of aliphatic hydroxyl groups is 2. The van der Waals surface area contributed by atoms with Crippen LogP contribution in [-0.4, -0.2) is 33.0 Å². The summed E-state index contributed by atoms with van der Waals surface area (Å²) in [6.07, 6.45) is 2.23. The van der Waals surface area contributed by atoms with Crippen LogP contribution in [0.1, 0.15) is 44.0 Å². The van der Waals surface area contributed by atoms with Crippen molar-refractivity contribution in [1.82, 2.24) is 10.3 Å². The van der Waals surface area contributed by atoms with Crippen molar-refractivity contribution < 1.29 is 15.3 Å². The van der Waals surface area contributed by atoms with Gasteiger partial charge in [0.05, 0.1) is 12.3 Å². The van der Waals surface area contributed by atoms with Gasteiger partial charge in [-0.3, -0.25) is 4.98 Å². The van der Waals surface area contributed by atoms with Crippen LogP contribution >= 0.6 is 0 Å². The molecule has 1 atom stereocenters. The quantitative estimate of drug-likeness (QED) is 0.635. The Morgan fingerprint density at radius 3 is 2.45 bits per heavy atom. The minimum Gasteiger partial charge on any atom is -0.506 e. The average Bonchev–Trinajstić information content (AvgIpc) is 2.37. The summed E-state index contributed by atoms with van der Waals surface area (Å²) in [5.41, 5.74) is 1.85. The third-order valence-electron chi connectivity index (χ3n) is 3.59. The van der Waals surface area contributed by atoms with E-state index in [9.17, 15) is 10.2 Å². The third kappa shape index (κ3) is 4.16. The molecule has 0 radical (unpaired) electrons. The number of aliphatic hydroxyl groups excluding tert-OH is 2. The van der Waals surface area contributed by atoms with Crippen molar-refractivity contribution in [1.29, 1.82) is 0 Å². The zero-order valence-electron chi connectivity index (χ0n) is 12.8. The van der Waals surface area contributed by atoms with Crippen molar-refractivity contribution in [2.45, 2.75) is 53.3 Å². The maximum atomic E-state index is 10.1. The first kappa shape index (κ1) is 16.9. The second-order valence-corrected chi connectivity index (χ2v) is 6.17. The first-order valence-corrected chi connectivity index (χ1v) is 6.92. The van der Waals surface area contributed by atoms with E-state index in [1.165, 1.54) is 0 Å². The van der Waals surface area contributed by atoms with Crippen LogP contribution in [0.2, 0.25) is 0 Å². The number of hydrogen-bond donors (Lipinski definition) is 4. The zero-order valence-corrected chi connectivity index (χ0v) is 12.8. The van der Waals surface area contributed by atoms with Gasteiger partial charge in [-0.25, -0.2) is 0 Å². The summed E-state index contributed by atoms with van der Waals surface area (Å²) in [7, 11) is 0. The number of nitrogens with zero attached hydrogens (tertiary/aromatic N) is 1. The summed E-state index contributed by atoms with van der Waals surface area (Å²) in [5.74, 6) is 0.126. The molecule has 0 saturated heterocycles. The molecule has 0 aliphatic carbocycles. The van der Waals surface area contributed by atoms with E-state index in [1.54, 1.807) is 13.1 Å². The molecule has 20 heavy (non-hydrogen) atoms. The molecule has 0 bridgehead atoms. The number of aromatic nitrogens is 1. The van der Waals surface area contributed by atoms with Gasteiger partial charge in [-0.05, 0) is 18.8 Å². The summed E-state index contributed by atoms with van der Waals surface area (Å²) in [6.45, 7) is 8.43. The monoisotopic (exact) mass is 282 g/mol. The number of hydrogen-bond acceptors (Lipinski definition) is 5. The summed E-state index contributed by atoms with van der Waals surface area (Å²) < 4.78 is 0. The molecule has 1 aromatic rings. The number of aromatic hydroxyl groups is 1. The highest BCUT2D eigenvalue weighted by molar-refractivity contribution is 5.40. The Hall–Kier alpha value is -1.17. The fraction of sp³-hybridized carbons (Fsp3) is 0.667. The third-order valence-corrected chi connectivity index (χ3v) is 3.59. The van der Waals surface area contributed by atoms with Gasteiger partial charge in [-0.2, -0.15) is 0 Å². The second-order valence-electron chi connectivity index (χ2n) is 6.17. The van der Waals surface area contributed by atoms with Crippen LogP contribution in [0.5, 0.6) is 5.75 Å². The molecule has 0 spiro atoms. The molecule has 0 aliphatic rings. The lowest BCUT2D eigenvalue weighted by Crippen LogP contribution is -2.40. The van der Waals surface area contributed by atoms with E-state index in [2.05, 4.69) is 31.1 Å². The summed E-state index contributed by atoms with van der Waals surface area (Å²) in [4.78, 5) is 4.04. The Kier molecular flexibility index (Phi) is 5.92. The highest BCUT2D eigenvalue weighted by Crippen LogP contribution is 2.26. The van der Waals surface area contributed by atoms with Gasteiger partial charge in [0, 0.05) is 36.5 Å². The van der Waals surface area contributed by atoms with Crippen molar-refractivity contribution in [3.05, 3.63) is 23.0 Å². The lowest BCUT2D eigenvalue weighted by molar-refractivity contribution is 0.195. The van der Waals surface area contributed by atoms with Crippen LogP contribution in [0.3, 0.4) is 0 Å². The van der Waals surface area contributed by atoms with Crippen molar-refractivity contribution in [3.8, 4) is 5.75 Å². The highest BCUT2D eigenvalue weighted by atomic mass is 16.3. The Morgan fingerprint density at radius 2 is 1.95 bits per heavy atom. The molecule has 1 aromatic heterocycles. The van der Waals surface area contributed by atoms with Gasteiger partial charge in [-0.15, -0.1) is 0 Å². The fourth-order valence-corrected chi connectivity index (χ4v) is 2.21. The minimum absolute atomic E-state index is 0.000196. The lowest BCUT2D eigenvalue weighted by Gasteiger charge is -2.31. The van der Waals surface area contributed by atoms with E-state index in [1.807, 2.05) is 0 Å². The van der Waals surface area contributed by atoms with E-state index in [0.717, 1.165) is 0 Å². The van der Waals surface area contributed by atoms with E-state index < -0.39 is 0 Å². The predicted molar refractivity (Wildman–Crippen MR) is 78.3 cm³/mol. The molecule has 4 N–H and O–H groups in total. The van der Waals surface area contributed by atoms with E-state index in [-0.39, 0.29) is 30.4 Å². The number of pyridine rings is 1. The van der Waals surface area contributed by atoms with Crippen molar-refractivity contribution in [2.24, 2.45) is 5.41 Å². The maximum absolute atomic E-state index is 10.1. The molecular formula is C15H26N2O3. The molecule has 0 fully saturated rings. The minimum atomic E-state index is -0.155. The smallest absolute Gasteiger partial charge is 0.141 e. The van der Waals surface area contributed by atoms with Crippen LogP contribution in [-0.2, 0) is 13.2 Å². The Bertz CT molecular complexity index is 441. The molecule has 114 valence electrons. The lowest BCUT2D eigenvalue weighted by atomic mass is 9.84. The van der Waals surface area contributed by atoms with Crippen LogP contribution < -0.4 is 5.32 Å². The maximum Gasteiger partial charge on any atom is 0.141 e. The van der Waals surface area contributed by atoms with Crippen molar-refractivity contribution >= 4 is 0 Å². The molecule has 5 nitrogen and oxygen atoms in total. The zero-order chi connectivity index (χ0) is 15.3. The average molecular weight is 282 g/mol. The molecule has 0 aromatic carbocycles. The Balaban J connectivity index is 2.90. The molecule has 0 amide bonds. The van der Waals surface area contributed by atoms with E-state index in [4.69, 9.17) is 5.11 Å². The summed E-state index contributed by atoms with van der Waals surface area (Å²) in [5, 5.41) is 32.0. The van der Waals surface area contributed by atoms with Crippen LogP contribution in [0.15, 0.2) is 6.20 Å².